The van der Waals surface area contributed by atoms with Crippen LogP contribution in [0.2, 0.25) is 0 Å². The van der Waals surface area contributed by atoms with Crippen molar-refractivity contribution in [3.8, 4) is 11.5 Å². The highest BCUT2D eigenvalue weighted by atomic mass is 16.5. The van der Waals surface area contributed by atoms with Gasteiger partial charge in [-0.3, -0.25) is 10.0 Å². The van der Waals surface area contributed by atoms with Crippen molar-refractivity contribution in [3.05, 3.63) is 29.8 Å². The molecule has 0 aliphatic heterocycles. The molecule has 5 heteroatoms. The van der Waals surface area contributed by atoms with E-state index in [2.05, 4.69) is 6.92 Å². The molecule has 110 valence electrons. The van der Waals surface area contributed by atoms with E-state index < -0.39 is 5.91 Å². The number of hydrogen-bond donors (Lipinski definition) is 2. The van der Waals surface area contributed by atoms with Gasteiger partial charge in [-0.2, -0.15) is 0 Å². The van der Waals surface area contributed by atoms with Gasteiger partial charge in [-0.15, -0.1) is 0 Å². The van der Waals surface area contributed by atoms with E-state index in [1.54, 1.807) is 25.6 Å². The number of ether oxygens (including phenoxy) is 2. The first-order chi connectivity index (χ1) is 9.62. The number of amides is 1. The van der Waals surface area contributed by atoms with E-state index in [0.717, 1.165) is 24.0 Å². The fourth-order valence-electron chi connectivity index (χ4n) is 1.67. The Morgan fingerprint density at radius 1 is 1.40 bits per heavy atom. The second-order valence-corrected chi connectivity index (χ2v) is 4.37. The van der Waals surface area contributed by atoms with Gasteiger partial charge in [0.15, 0.2) is 11.5 Å². The van der Waals surface area contributed by atoms with E-state index in [1.807, 2.05) is 12.1 Å². The first-order valence-electron chi connectivity index (χ1n) is 6.56. The Morgan fingerprint density at radius 2 is 2.15 bits per heavy atom. The van der Waals surface area contributed by atoms with Crippen molar-refractivity contribution in [2.75, 3.05) is 13.7 Å². The van der Waals surface area contributed by atoms with Gasteiger partial charge in [0, 0.05) is 6.08 Å². The molecule has 0 heterocycles. The quantitative estimate of drug-likeness (QED) is 0.348. The van der Waals surface area contributed by atoms with E-state index >= 15 is 0 Å². The third-order valence-electron chi connectivity index (χ3n) is 2.83. The summed E-state index contributed by atoms with van der Waals surface area (Å²) in [5, 5.41) is 8.51. The van der Waals surface area contributed by atoms with Gasteiger partial charge in [0.05, 0.1) is 13.7 Å². The van der Waals surface area contributed by atoms with Gasteiger partial charge in [-0.05, 0) is 36.6 Å². The second kappa shape index (κ2) is 8.22. The Hall–Kier alpha value is -2.01. The number of carbonyl (C=O) groups excluding carboxylic acids is 1. The van der Waals surface area contributed by atoms with Gasteiger partial charge in [0.2, 0.25) is 0 Å². The summed E-state index contributed by atoms with van der Waals surface area (Å²) in [5.41, 5.74) is 3.11. The zero-order valence-electron chi connectivity index (χ0n) is 12.1. The zero-order chi connectivity index (χ0) is 15.0. The van der Waals surface area contributed by atoms with Crippen molar-refractivity contribution in [1.29, 1.82) is 0 Å². The number of hydroxylamine groups is 1. The summed E-state index contributed by atoms with van der Waals surface area (Å²) in [6.45, 7) is 4.53. The van der Waals surface area contributed by atoms with Crippen molar-refractivity contribution >= 4 is 11.5 Å². The minimum absolute atomic E-state index is 0.565. The number of allylic oxidation sites excluding steroid dienone is 1. The van der Waals surface area contributed by atoms with Crippen LogP contribution in [-0.4, -0.2) is 24.8 Å². The van der Waals surface area contributed by atoms with Crippen molar-refractivity contribution in [2.24, 2.45) is 0 Å². The molecule has 2 N–H and O–H groups in total. The van der Waals surface area contributed by atoms with Crippen LogP contribution < -0.4 is 15.0 Å². The molecule has 0 aromatic heterocycles. The normalized spacial score (nSPS) is 11.1. The third-order valence-corrected chi connectivity index (χ3v) is 2.83. The minimum atomic E-state index is -0.565. The number of benzene rings is 1. The molecule has 0 saturated carbocycles. The maximum atomic E-state index is 11.1. The SMILES string of the molecule is CCCCOc1ccc(C(C)=CC(=O)NO)cc1OC. The summed E-state index contributed by atoms with van der Waals surface area (Å²) < 4.78 is 10.9. The highest BCUT2D eigenvalue weighted by Gasteiger charge is 2.07. The van der Waals surface area contributed by atoms with E-state index in [1.165, 1.54) is 6.08 Å². The number of rotatable bonds is 7. The van der Waals surface area contributed by atoms with Crippen LogP contribution in [0.25, 0.3) is 5.57 Å². The molecule has 1 aromatic carbocycles. The van der Waals surface area contributed by atoms with Crippen molar-refractivity contribution < 1.29 is 19.5 Å². The highest BCUT2D eigenvalue weighted by Crippen LogP contribution is 2.30. The van der Waals surface area contributed by atoms with E-state index in [0.29, 0.717) is 18.1 Å². The molecule has 0 aliphatic carbocycles. The molecular formula is C15H21NO4. The van der Waals surface area contributed by atoms with Crippen LogP contribution in [0, 0.1) is 0 Å². The van der Waals surface area contributed by atoms with Gasteiger partial charge >= 0.3 is 0 Å². The van der Waals surface area contributed by atoms with E-state index in [9.17, 15) is 4.79 Å². The van der Waals surface area contributed by atoms with Crippen LogP contribution in [-0.2, 0) is 4.79 Å². The number of hydrogen-bond acceptors (Lipinski definition) is 4. The fraction of sp³-hybridized carbons (Fsp3) is 0.400. The largest absolute Gasteiger partial charge is 0.493 e. The molecule has 1 amide bonds. The Kier molecular flexibility index (Phi) is 6.59. The topological polar surface area (TPSA) is 67.8 Å². The molecule has 0 saturated heterocycles. The molecule has 0 spiro atoms. The Balaban J connectivity index is 2.91. The first-order valence-corrected chi connectivity index (χ1v) is 6.56. The third kappa shape index (κ3) is 4.59. The lowest BCUT2D eigenvalue weighted by Crippen LogP contribution is -2.15. The lowest BCUT2D eigenvalue weighted by molar-refractivity contribution is -0.124. The predicted octanol–water partition coefficient (Wildman–Crippen LogP) is 2.78. The van der Waals surface area contributed by atoms with Crippen LogP contribution >= 0.6 is 0 Å². The summed E-state index contributed by atoms with van der Waals surface area (Å²) in [5.74, 6) is 0.740. The number of nitrogens with one attached hydrogen (secondary N) is 1. The highest BCUT2D eigenvalue weighted by molar-refractivity contribution is 5.94. The summed E-state index contributed by atoms with van der Waals surface area (Å²) in [6.07, 6.45) is 3.37. The number of carbonyl (C=O) groups is 1. The molecule has 0 unspecified atom stereocenters. The van der Waals surface area contributed by atoms with Gasteiger partial charge in [0.1, 0.15) is 0 Å². The Morgan fingerprint density at radius 3 is 2.75 bits per heavy atom. The van der Waals surface area contributed by atoms with Gasteiger partial charge in [-0.25, -0.2) is 5.48 Å². The number of unbranched alkanes of at least 4 members (excludes halogenated alkanes) is 1. The molecule has 1 aromatic rings. The van der Waals surface area contributed by atoms with Crippen LogP contribution in [0.1, 0.15) is 32.3 Å². The molecule has 0 radical (unpaired) electrons. The Labute approximate surface area is 119 Å². The Bertz CT molecular complexity index is 483. The van der Waals surface area contributed by atoms with Crippen LogP contribution in [0.3, 0.4) is 0 Å². The summed E-state index contributed by atoms with van der Waals surface area (Å²) >= 11 is 0. The maximum Gasteiger partial charge on any atom is 0.267 e. The molecule has 0 bridgehead atoms. The second-order valence-electron chi connectivity index (χ2n) is 4.37. The molecule has 0 atom stereocenters. The molecule has 0 fully saturated rings. The standard InChI is InChI=1S/C15H21NO4/c1-4-5-8-20-13-7-6-12(10-14(13)19-3)11(2)9-15(17)16-18/h6-7,9-10,18H,4-5,8H2,1-3H3,(H,16,17). The summed E-state index contributed by atoms with van der Waals surface area (Å²) in [7, 11) is 1.57. The lowest BCUT2D eigenvalue weighted by Gasteiger charge is -2.12. The molecular weight excluding hydrogens is 258 g/mol. The van der Waals surface area contributed by atoms with Gasteiger partial charge in [-0.1, -0.05) is 19.4 Å². The average molecular weight is 279 g/mol. The average Bonchev–Trinajstić information content (AvgIpc) is 2.47. The van der Waals surface area contributed by atoms with Crippen molar-refractivity contribution in [2.45, 2.75) is 26.7 Å². The first kappa shape index (κ1) is 16.0. The van der Waals surface area contributed by atoms with E-state index in [-0.39, 0.29) is 0 Å². The van der Waals surface area contributed by atoms with Crippen molar-refractivity contribution in [3.63, 3.8) is 0 Å². The molecule has 5 nitrogen and oxygen atoms in total. The smallest absolute Gasteiger partial charge is 0.267 e. The van der Waals surface area contributed by atoms with Gasteiger partial charge in [0.25, 0.3) is 5.91 Å². The minimum Gasteiger partial charge on any atom is -0.493 e. The zero-order valence-corrected chi connectivity index (χ0v) is 12.1. The fourth-order valence-corrected chi connectivity index (χ4v) is 1.67. The lowest BCUT2D eigenvalue weighted by atomic mass is 10.1. The summed E-state index contributed by atoms with van der Waals surface area (Å²) in [6, 6.07) is 5.47. The predicted molar refractivity (Wildman–Crippen MR) is 77.0 cm³/mol. The molecule has 1 rings (SSSR count). The van der Waals surface area contributed by atoms with Crippen LogP contribution in [0.4, 0.5) is 0 Å². The van der Waals surface area contributed by atoms with Crippen molar-refractivity contribution in [1.82, 2.24) is 5.48 Å². The molecule has 20 heavy (non-hydrogen) atoms. The number of methoxy groups -OCH3 is 1. The van der Waals surface area contributed by atoms with E-state index in [4.69, 9.17) is 14.7 Å². The van der Waals surface area contributed by atoms with Crippen LogP contribution in [0.15, 0.2) is 24.3 Å². The maximum absolute atomic E-state index is 11.1. The van der Waals surface area contributed by atoms with Gasteiger partial charge < -0.3 is 9.47 Å². The summed E-state index contributed by atoms with van der Waals surface area (Å²) in [4.78, 5) is 11.1. The molecule has 0 aliphatic rings. The monoisotopic (exact) mass is 279 g/mol. The van der Waals surface area contributed by atoms with Crippen LogP contribution in [0.5, 0.6) is 11.5 Å².